The zero-order valence-corrected chi connectivity index (χ0v) is 13.0. The molecule has 120 valence electrons. The number of rotatable bonds is 3. The summed E-state index contributed by atoms with van der Waals surface area (Å²) in [5.41, 5.74) is 5.11. The van der Waals surface area contributed by atoms with Gasteiger partial charge in [-0.05, 0) is 31.0 Å². The van der Waals surface area contributed by atoms with E-state index in [-0.39, 0.29) is 5.91 Å². The molecule has 0 bridgehead atoms. The topological polar surface area (TPSA) is 79.9 Å². The van der Waals surface area contributed by atoms with E-state index in [9.17, 15) is 4.79 Å². The molecular formula is C18H16N4O2. The smallest absolute Gasteiger partial charge is 0.253 e. The van der Waals surface area contributed by atoms with Crippen LogP contribution in [0.3, 0.4) is 0 Å². The lowest BCUT2D eigenvalue weighted by molar-refractivity contribution is 0.0946. The molecule has 24 heavy (non-hydrogen) atoms. The third kappa shape index (κ3) is 2.22. The first-order valence-corrected chi connectivity index (χ1v) is 8.21. The van der Waals surface area contributed by atoms with Crippen LogP contribution < -0.4 is 10.1 Å². The van der Waals surface area contributed by atoms with Crippen LogP contribution in [0.2, 0.25) is 0 Å². The van der Waals surface area contributed by atoms with E-state index in [0.717, 1.165) is 47.2 Å². The Morgan fingerprint density at radius 1 is 1.17 bits per heavy atom. The number of amides is 1. The fraction of sp³-hybridized carbons (Fsp3) is 0.278. The van der Waals surface area contributed by atoms with Crippen LogP contribution in [0.25, 0.3) is 22.3 Å². The van der Waals surface area contributed by atoms with E-state index in [4.69, 9.17) is 4.74 Å². The van der Waals surface area contributed by atoms with Gasteiger partial charge < -0.3 is 15.0 Å². The predicted molar refractivity (Wildman–Crippen MR) is 89.0 cm³/mol. The SMILES string of the molecule is O=C1NCCc2[nH]c(-c3ccnc4ccc(OC5CC5)nc34)cc21. The number of aromatic nitrogens is 3. The standard InChI is InChI=1S/C18H16N4O2/c23-18-12-9-15(21-13(12)6-8-20-18)11-5-7-19-14-3-4-16(22-17(11)14)24-10-1-2-10/h3-5,7,9-10,21H,1-2,6,8H2,(H,20,23). The molecule has 2 aliphatic rings. The second-order valence-electron chi connectivity index (χ2n) is 6.27. The van der Waals surface area contributed by atoms with Crippen LogP contribution >= 0.6 is 0 Å². The highest BCUT2D eigenvalue weighted by atomic mass is 16.5. The molecule has 1 aliphatic heterocycles. The van der Waals surface area contributed by atoms with E-state index in [1.54, 1.807) is 6.20 Å². The number of carbonyl (C=O) groups excluding carboxylic acids is 1. The van der Waals surface area contributed by atoms with Crippen LogP contribution in [0, 0.1) is 0 Å². The quantitative estimate of drug-likeness (QED) is 0.777. The molecule has 3 aromatic heterocycles. The van der Waals surface area contributed by atoms with Gasteiger partial charge in [0.15, 0.2) is 0 Å². The summed E-state index contributed by atoms with van der Waals surface area (Å²) in [6, 6.07) is 7.61. The zero-order chi connectivity index (χ0) is 16.1. The minimum atomic E-state index is -0.0252. The van der Waals surface area contributed by atoms with Crippen LogP contribution in [0.1, 0.15) is 28.9 Å². The van der Waals surface area contributed by atoms with Gasteiger partial charge in [-0.25, -0.2) is 4.98 Å². The Hall–Kier alpha value is -2.89. The van der Waals surface area contributed by atoms with Gasteiger partial charge in [-0.15, -0.1) is 0 Å². The molecule has 1 fully saturated rings. The first-order chi connectivity index (χ1) is 11.8. The van der Waals surface area contributed by atoms with Crippen molar-refractivity contribution in [2.45, 2.75) is 25.4 Å². The molecule has 0 atom stereocenters. The van der Waals surface area contributed by atoms with Crippen molar-refractivity contribution in [3.63, 3.8) is 0 Å². The van der Waals surface area contributed by atoms with Gasteiger partial charge in [-0.2, -0.15) is 0 Å². The highest BCUT2D eigenvalue weighted by Gasteiger charge is 2.25. The highest BCUT2D eigenvalue weighted by Crippen LogP contribution is 2.31. The maximum Gasteiger partial charge on any atom is 0.253 e. The average Bonchev–Trinajstić information content (AvgIpc) is 3.29. The molecule has 1 amide bonds. The third-order valence-corrected chi connectivity index (χ3v) is 4.46. The van der Waals surface area contributed by atoms with Gasteiger partial charge in [0.05, 0.1) is 11.1 Å². The number of fused-ring (bicyclic) bond motifs is 2. The van der Waals surface area contributed by atoms with Crippen molar-refractivity contribution < 1.29 is 9.53 Å². The summed E-state index contributed by atoms with van der Waals surface area (Å²) in [5.74, 6) is 0.608. The van der Waals surface area contributed by atoms with Gasteiger partial charge in [0.2, 0.25) is 5.88 Å². The molecule has 0 saturated heterocycles. The lowest BCUT2D eigenvalue weighted by Crippen LogP contribution is -2.31. The van der Waals surface area contributed by atoms with E-state index in [0.29, 0.717) is 24.1 Å². The lowest BCUT2D eigenvalue weighted by Gasteiger charge is -2.11. The highest BCUT2D eigenvalue weighted by molar-refractivity contribution is 5.99. The Morgan fingerprint density at radius 2 is 2.08 bits per heavy atom. The third-order valence-electron chi connectivity index (χ3n) is 4.46. The minimum Gasteiger partial charge on any atom is -0.474 e. The Kier molecular flexibility index (Phi) is 2.85. The summed E-state index contributed by atoms with van der Waals surface area (Å²) in [6.45, 7) is 0.667. The second kappa shape index (κ2) is 5.06. The minimum absolute atomic E-state index is 0.0252. The Labute approximate surface area is 138 Å². The molecule has 0 unspecified atom stereocenters. The maximum atomic E-state index is 12.0. The van der Waals surface area contributed by atoms with Gasteiger partial charge in [-0.3, -0.25) is 9.78 Å². The van der Waals surface area contributed by atoms with E-state index in [1.807, 2.05) is 24.3 Å². The van der Waals surface area contributed by atoms with Crippen molar-refractivity contribution in [3.05, 3.63) is 41.7 Å². The Balaban J connectivity index is 1.64. The van der Waals surface area contributed by atoms with Crippen molar-refractivity contribution in [2.24, 2.45) is 0 Å². The van der Waals surface area contributed by atoms with Gasteiger partial charge in [0.1, 0.15) is 11.6 Å². The molecule has 5 rings (SSSR count). The molecule has 3 aromatic rings. The molecular weight excluding hydrogens is 304 g/mol. The molecule has 0 spiro atoms. The second-order valence-corrected chi connectivity index (χ2v) is 6.27. The van der Waals surface area contributed by atoms with Crippen molar-refractivity contribution in [3.8, 4) is 17.1 Å². The number of nitrogens with one attached hydrogen (secondary N) is 2. The monoisotopic (exact) mass is 320 g/mol. The number of hydrogen-bond acceptors (Lipinski definition) is 4. The van der Waals surface area contributed by atoms with Crippen LogP contribution in [0.15, 0.2) is 30.5 Å². The Morgan fingerprint density at radius 3 is 2.92 bits per heavy atom. The summed E-state index contributed by atoms with van der Waals surface area (Å²) < 4.78 is 5.81. The van der Waals surface area contributed by atoms with E-state index in [1.165, 1.54) is 0 Å². The van der Waals surface area contributed by atoms with Gasteiger partial charge in [-0.1, -0.05) is 0 Å². The first kappa shape index (κ1) is 13.5. The maximum absolute atomic E-state index is 12.0. The number of ether oxygens (including phenoxy) is 1. The summed E-state index contributed by atoms with van der Waals surface area (Å²) in [4.78, 5) is 24.4. The summed E-state index contributed by atoms with van der Waals surface area (Å²) in [6.07, 6.45) is 5.07. The predicted octanol–water partition coefficient (Wildman–Crippen LogP) is 2.45. The largest absolute Gasteiger partial charge is 0.474 e. The molecule has 4 heterocycles. The molecule has 0 aromatic carbocycles. The normalized spacial score (nSPS) is 16.8. The van der Waals surface area contributed by atoms with Crippen molar-refractivity contribution in [1.29, 1.82) is 0 Å². The summed E-state index contributed by atoms with van der Waals surface area (Å²) in [7, 11) is 0. The van der Waals surface area contributed by atoms with E-state index in [2.05, 4.69) is 20.3 Å². The fourth-order valence-corrected chi connectivity index (χ4v) is 3.09. The van der Waals surface area contributed by atoms with Crippen LogP contribution in [0.5, 0.6) is 5.88 Å². The Bertz CT molecular complexity index is 959. The molecule has 2 N–H and O–H groups in total. The van der Waals surface area contributed by atoms with Crippen LogP contribution in [0.4, 0.5) is 0 Å². The number of pyridine rings is 2. The average molecular weight is 320 g/mol. The summed E-state index contributed by atoms with van der Waals surface area (Å²) >= 11 is 0. The van der Waals surface area contributed by atoms with E-state index >= 15 is 0 Å². The zero-order valence-electron chi connectivity index (χ0n) is 13.0. The number of H-pyrrole nitrogens is 1. The number of carbonyl (C=O) groups is 1. The van der Waals surface area contributed by atoms with Crippen molar-refractivity contribution in [1.82, 2.24) is 20.3 Å². The molecule has 1 saturated carbocycles. The van der Waals surface area contributed by atoms with Crippen molar-refractivity contribution >= 4 is 16.9 Å². The van der Waals surface area contributed by atoms with E-state index < -0.39 is 0 Å². The van der Waals surface area contributed by atoms with Crippen molar-refractivity contribution in [2.75, 3.05) is 6.54 Å². The van der Waals surface area contributed by atoms with Gasteiger partial charge >= 0.3 is 0 Å². The molecule has 6 heteroatoms. The van der Waals surface area contributed by atoms with Gasteiger partial charge in [0.25, 0.3) is 5.91 Å². The number of aromatic amines is 1. The number of hydrogen-bond donors (Lipinski definition) is 2. The first-order valence-electron chi connectivity index (χ1n) is 8.21. The molecule has 0 radical (unpaired) electrons. The molecule has 1 aliphatic carbocycles. The lowest BCUT2D eigenvalue weighted by atomic mass is 10.1. The van der Waals surface area contributed by atoms with Crippen LogP contribution in [-0.2, 0) is 6.42 Å². The summed E-state index contributed by atoms with van der Waals surface area (Å²) in [5, 5.41) is 2.87. The fourth-order valence-electron chi connectivity index (χ4n) is 3.09. The number of nitrogens with zero attached hydrogens (tertiary/aromatic N) is 2. The van der Waals surface area contributed by atoms with Crippen LogP contribution in [-0.4, -0.2) is 33.5 Å². The molecule has 6 nitrogen and oxygen atoms in total. The van der Waals surface area contributed by atoms with Gasteiger partial charge in [0, 0.05) is 42.2 Å².